The number of carboxylic acid groups (broad SMARTS) is 1. The topological polar surface area (TPSA) is 70.3 Å². The Morgan fingerprint density at radius 2 is 2.27 bits per heavy atom. The molecule has 0 radical (unpaired) electrons. The van der Waals surface area contributed by atoms with Crippen LogP contribution in [0.25, 0.3) is 0 Å². The highest BCUT2D eigenvalue weighted by Crippen LogP contribution is 2.27. The van der Waals surface area contributed by atoms with Gasteiger partial charge in [0, 0.05) is 0 Å². The lowest BCUT2D eigenvalue weighted by molar-refractivity contribution is 0.0696. The molecule has 1 aliphatic rings. The molecule has 4 heteroatoms. The van der Waals surface area contributed by atoms with Crippen LogP contribution in [0.15, 0.2) is 18.2 Å². The predicted molar refractivity (Wildman–Crippen MR) is 51.8 cm³/mol. The van der Waals surface area contributed by atoms with Gasteiger partial charge in [0.25, 0.3) is 0 Å². The molecular weight excluding hydrogens is 194 g/mol. The second-order valence-electron chi connectivity index (χ2n) is 3.44. The summed E-state index contributed by atoms with van der Waals surface area (Å²) in [5.41, 5.74) is 0.154. The maximum absolute atomic E-state index is 10.8. The molecule has 0 saturated heterocycles. The Kier molecular flexibility index (Phi) is 2.30. The van der Waals surface area contributed by atoms with Crippen molar-refractivity contribution in [1.29, 1.82) is 5.26 Å². The summed E-state index contributed by atoms with van der Waals surface area (Å²) in [6, 6.07) is 6.34. The van der Waals surface area contributed by atoms with E-state index < -0.39 is 5.97 Å². The number of aromatic carboxylic acids is 1. The minimum Gasteiger partial charge on any atom is -0.490 e. The summed E-state index contributed by atoms with van der Waals surface area (Å²) in [5, 5.41) is 17.6. The average molecular weight is 203 g/mol. The number of rotatable bonds is 3. The molecule has 0 aliphatic heterocycles. The number of hydrogen-bond donors (Lipinski definition) is 1. The minimum atomic E-state index is -1.10. The Morgan fingerprint density at radius 3 is 2.80 bits per heavy atom. The first-order chi connectivity index (χ1) is 7.20. The number of nitrogens with zero attached hydrogens (tertiary/aromatic N) is 1. The summed E-state index contributed by atoms with van der Waals surface area (Å²) in [6.45, 7) is 0. The van der Waals surface area contributed by atoms with E-state index in [2.05, 4.69) is 0 Å². The molecule has 0 amide bonds. The van der Waals surface area contributed by atoms with Crippen LogP contribution in [-0.4, -0.2) is 17.2 Å². The van der Waals surface area contributed by atoms with Crippen LogP contribution in [0.2, 0.25) is 0 Å². The largest absolute Gasteiger partial charge is 0.490 e. The van der Waals surface area contributed by atoms with Crippen molar-refractivity contribution in [3.8, 4) is 11.8 Å². The van der Waals surface area contributed by atoms with Gasteiger partial charge in [-0.05, 0) is 31.0 Å². The van der Waals surface area contributed by atoms with E-state index in [0.717, 1.165) is 12.8 Å². The molecule has 0 aromatic heterocycles. The molecule has 1 saturated carbocycles. The third kappa shape index (κ3) is 2.08. The Morgan fingerprint density at radius 1 is 1.53 bits per heavy atom. The smallest absolute Gasteiger partial charge is 0.337 e. The maximum atomic E-state index is 10.8. The van der Waals surface area contributed by atoms with E-state index in [1.54, 1.807) is 6.07 Å². The number of hydrogen-bond acceptors (Lipinski definition) is 3. The molecule has 1 aromatic rings. The monoisotopic (exact) mass is 203 g/mol. The van der Waals surface area contributed by atoms with Crippen molar-refractivity contribution in [2.75, 3.05) is 0 Å². The zero-order valence-corrected chi connectivity index (χ0v) is 7.93. The molecule has 1 fully saturated rings. The van der Waals surface area contributed by atoms with Crippen molar-refractivity contribution in [3.63, 3.8) is 0 Å². The van der Waals surface area contributed by atoms with Crippen LogP contribution >= 0.6 is 0 Å². The van der Waals surface area contributed by atoms with Crippen molar-refractivity contribution < 1.29 is 14.6 Å². The van der Waals surface area contributed by atoms with Gasteiger partial charge in [-0.2, -0.15) is 5.26 Å². The average Bonchev–Trinajstić information content (AvgIpc) is 3.01. The molecule has 1 aliphatic carbocycles. The highest BCUT2D eigenvalue weighted by molar-refractivity contribution is 5.91. The van der Waals surface area contributed by atoms with Crippen LogP contribution in [-0.2, 0) is 0 Å². The molecule has 0 atom stereocenters. The van der Waals surface area contributed by atoms with Crippen LogP contribution in [0, 0.1) is 11.3 Å². The van der Waals surface area contributed by atoms with Crippen molar-refractivity contribution >= 4 is 5.97 Å². The van der Waals surface area contributed by atoms with Gasteiger partial charge in [0.2, 0.25) is 0 Å². The van der Waals surface area contributed by atoms with E-state index >= 15 is 0 Å². The second kappa shape index (κ2) is 3.62. The van der Waals surface area contributed by atoms with E-state index in [0.29, 0.717) is 5.75 Å². The van der Waals surface area contributed by atoms with Gasteiger partial charge in [-0.3, -0.25) is 0 Å². The number of nitriles is 1. The summed E-state index contributed by atoms with van der Waals surface area (Å²) in [6.07, 6.45) is 2.25. The van der Waals surface area contributed by atoms with E-state index in [1.165, 1.54) is 12.1 Å². The van der Waals surface area contributed by atoms with Gasteiger partial charge in [0.05, 0.1) is 17.2 Å². The van der Waals surface area contributed by atoms with Gasteiger partial charge < -0.3 is 9.84 Å². The fourth-order valence-corrected chi connectivity index (χ4v) is 1.25. The Hall–Kier alpha value is -2.02. The van der Waals surface area contributed by atoms with E-state index in [-0.39, 0.29) is 17.2 Å². The highest BCUT2D eigenvalue weighted by atomic mass is 16.5. The van der Waals surface area contributed by atoms with Crippen LogP contribution in [0.5, 0.6) is 5.75 Å². The Bertz CT molecular complexity index is 444. The predicted octanol–water partition coefficient (Wildman–Crippen LogP) is 1.80. The second-order valence-corrected chi connectivity index (χ2v) is 3.44. The summed E-state index contributed by atoms with van der Waals surface area (Å²) >= 11 is 0. The van der Waals surface area contributed by atoms with Crippen LogP contribution in [0.4, 0.5) is 0 Å². The molecule has 1 aromatic carbocycles. The summed E-state index contributed by atoms with van der Waals surface area (Å²) in [5.74, 6) is -0.582. The van der Waals surface area contributed by atoms with E-state index in [1.807, 2.05) is 6.07 Å². The molecule has 0 heterocycles. The summed E-state index contributed by atoms with van der Waals surface area (Å²) in [4.78, 5) is 10.8. The van der Waals surface area contributed by atoms with E-state index in [9.17, 15) is 4.79 Å². The minimum absolute atomic E-state index is 0.00403. The first-order valence-corrected chi connectivity index (χ1v) is 4.65. The fraction of sp³-hybridized carbons (Fsp3) is 0.273. The maximum Gasteiger partial charge on any atom is 0.337 e. The number of carbonyl (C=O) groups is 1. The Balaban J connectivity index is 2.31. The first kappa shape index (κ1) is 9.53. The molecular formula is C11H9NO3. The number of benzene rings is 1. The molecule has 4 nitrogen and oxygen atoms in total. The van der Waals surface area contributed by atoms with Crippen LogP contribution < -0.4 is 4.74 Å². The number of carboxylic acids is 1. The zero-order chi connectivity index (χ0) is 10.8. The molecule has 0 unspecified atom stereocenters. The summed E-state index contributed by atoms with van der Waals surface area (Å²) < 4.78 is 5.44. The van der Waals surface area contributed by atoms with Gasteiger partial charge >= 0.3 is 5.97 Å². The van der Waals surface area contributed by atoms with Gasteiger partial charge in [0.1, 0.15) is 11.8 Å². The van der Waals surface area contributed by atoms with Gasteiger partial charge in [0.15, 0.2) is 0 Å². The highest BCUT2D eigenvalue weighted by Gasteiger charge is 2.24. The quantitative estimate of drug-likeness (QED) is 0.813. The fourth-order valence-electron chi connectivity index (χ4n) is 1.25. The lowest BCUT2D eigenvalue weighted by atomic mass is 10.1. The van der Waals surface area contributed by atoms with Crippen molar-refractivity contribution in [1.82, 2.24) is 0 Å². The molecule has 2 rings (SSSR count). The lowest BCUT2D eigenvalue weighted by Gasteiger charge is -2.05. The zero-order valence-electron chi connectivity index (χ0n) is 7.93. The van der Waals surface area contributed by atoms with Gasteiger partial charge in [-0.25, -0.2) is 4.79 Å². The van der Waals surface area contributed by atoms with Gasteiger partial charge in [-0.15, -0.1) is 0 Å². The van der Waals surface area contributed by atoms with Crippen molar-refractivity contribution in [2.45, 2.75) is 18.9 Å². The number of ether oxygens (including phenoxy) is 1. The van der Waals surface area contributed by atoms with Crippen LogP contribution in [0.1, 0.15) is 28.8 Å². The Labute approximate surface area is 86.7 Å². The molecule has 0 bridgehead atoms. The SMILES string of the molecule is N#Cc1ccc(OC2CC2)cc1C(=O)O. The van der Waals surface area contributed by atoms with Crippen molar-refractivity contribution in [2.24, 2.45) is 0 Å². The van der Waals surface area contributed by atoms with Gasteiger partial charge in [-0.1, -0.05) is 0 Å². The third-order valence-electron chi connectivity index (χ3n) is 2.17. The molecule has 0 spiro atoms. The molecule has 76 valence electrons. The first-order valence-electron chi connectivity index (χ1n) is 4.65. The lowest BCUT2D eigenvalue weighted by Crippen LogP contribution is -2.02. The molecule has 15 heavy (non-hydrogen) atoms. The van der Waals surface area contributed by atoms with Crippen molar-refractivity contribution in [3.05, 3.63) is 29.3 Å². The standard InChI is InChI=1S/C11H9NO3/c12-6-7-1-2-9(15-8-3-4-8)5-10(7)11(13)14/h1-2,5,8H,3-4H2,(H,13,14). The van der Waals surface area contributed by atoms with Crippen LogP contribution in [0.3, 0.4) is 0 Å². The normalized spacial score (nSPS) is 14.3. The third-order valence-corrected chi connectivity index (χ3v) is 2.17. The summed E-state index contributed by atoms with van der Waals surface area (Å²) in [7, 11) is 0. The van der Waals surface area contributed by atoms with E-state index in [4.69, 9.17) is 15.1 Å². The molecule has 1 N–H and O–H groups in total.